The van der Waals surface area contributed by atoms with Crippen LogP contribution in [-0.4, -0.2) is 23.8 Å². The van der Waals surface area contributed by atoms with E-state index >= 15 is 0 Å². The monoisotopic (exact) mass is 223 g/mol. The highest BCUT2D eigenvalue weighted by Gasteiger charge is 2.64. The number of imide groups is 1. The number of amides is 2. The number of carbonyl (C=O) groups excluding carboxylic acids is 2. The highest BCUT2D eigenvalue weighted by molar-refractivity contribution is 6.06. The van der Waals surface area contributed by atoms with E-state index in [2.05, 4.69) is 27.7 Å². The number of hydrogen-bond acceptors (Lipinski definition) is 2. The average Bonchev–Trinajstić information content (AvgIpc) is 2.40. The molecule has 3 nitrogen and oxygen atoms in total. The standard InChI is InChI=1S/C13H21NO2/c1-11(2)7-12(3,4)13(8-11)6-9(15)14(5)10(13)16/h6-8H2,1-5H3/t13-/m1/s1. The predicted molar refractivity (Wildman–Crippen MR) is 61.6 cm³/mol. The van der Waals surface area contributed by atoms with Crippen molar-refractivity contribution in [1.29, 1.82) is 0 Å². The first-order chi connectivity index (χ1) is 7.11. The van der Waals surface area contributed by atoms with E-state index in [9.17, 15) is 9.59 Å². The summed E-state index contributed by atoms with van der Waals surface area (Å²) in [6, 6.07) is 0. The Morgan fingerprint density at radius 3 is 1.94 bits per heavy atom. The van der Waals surface area contributed by atoms with Crippen molar-refractivity contribution in [2.75, 3.05) is 7.05 Å². The Bertz CT molecular complexity index is 370. The molecule has 3 heteroatoms. The molecule has 2 aliphatic rings. The van der Waals surface area contributed by atoms with Crippen LogP contribution in [-0.2, 0) is 9.59 Å². The first-order valence-electron chi connectivity index (χ1n) is 5.92. The molecule has 1 atom stereocenters. The molecule has 2 amide bonds. The van der Waals surface area contributed by atoms with Crippen LogP contribution in [0, 0.1) is 16.2 Å². The molecule has 16 heavy (non-hydrogen) atoms. The summed E-state index contributed by atoms with van der Waals surface area (Å²) in [5, 5.41) is 0. The zero-order valence-electron chi connectivity index (χ0n) is 10.9. The van der Waals surface area contributed by atoms with Crippen molar-refractivity contribution < 1.29 is 9.59 Å². The molecule has 1 spiro atoms. The molecular formula is C13H21NO2. The van der Waals surface area contributed by atoms with Gasteiger partial charge in [-0.25, -0.2) is 0 Å². The first-order valence-corrected chi connectivity index (χ1v) is 5.92. The Morgan fingerprint density at radius 2 is 1.62 bits per heavy atom. The molecular weight excluding hydrogens is 202 g/mol. The summed E-state index contributed by atoms with van der Waals surface area (Å²) in [4.78, 5) is 25.4. The van der Waals surface area contributed by atoms with E-state index in [1.807, 2.05) is 0 Å². The van der Waals surface area contributed by atoms with Crippen LogP contribution in [0.5, 0.6) is 0 Å². The third-order valence-corrected chi connectivity index (χ3v) is 4.54. The lowest BCUT2D eigenvalue weighted by Crippen LogP contribution is -2.40. The Hall–Kier alpha value is -0.860. The average molecular weight is 223 g/mol. The predicted octanol–water partition coefficient (Wildman–Crippen LogP) is 2.21. The normalized spacial score (nSPS) is 36.4. The highest BCUT2D eigenvalue weighted by Crippen LogP contribution is 2.64. The van der Waals surface area contributed by atoms with Gasteiger partial charge in [0.1, 0.15) is 0 Å². The van der Waals surface area contributed by atoms with Crippen LogP contribution < -0.4 is 0 Å². The molecule has 2 rings (SSSR count). The molecule has 1 saturated carbocycles. The first kappa shape index (κ1) is 11.6. The molecule has 0 radical (unpaired) electrons. The van der Waals surface area contributed by atoms with Crippen LogP contribution >= 0.6 is 0 Å². The van der Waals surface area contributed by atoms with Crippen LogP contribution in [0.1, 0.15) is 47.0 Å². The van der Waals surface area contributed by atoms with E-state index in [4.69, 9.17) is 0 Å². The van der Waals surface area contributed by atoms with Crippen LogP contribution in [0.2, 0.25) is 0 Å². The van der Waals surface area contributed by atoms with E-state index in [1.54, 1.807) is 7.05 Å². The number of likely N-dealkylation sites (tertiary alicyclic amines) is 1. The van der Waals surface area contributed by atoms with Crippen molar-refractivity contribution in [3.05, 3.63) is 0 Å². The molecule has 90 valence electrons. The van der Waals surface area contributed by atoms with Crippen molar-refractivity contribution in [3.8, 4) is 0 Å². The smallest absolute Gasteiger partial charge is 0.236 e. The number of carbonyl (C=O) groups is 2. The molecule has 1 aliphatic carbocycles. The minimum atomic E-state index is -0.442. The summed E-state index contributed by atoms with van der Waals surface area (Å²) in [7, 11) is 1.61. The molecule has 0 aromatic rings. The fourth-order valence-corrected chi connectivity index (χ4v) is 4.04. The van der Waals surface area contributed by atoms with E-state index in [-0.39, 0.29) is 22.6 Å². The van der Waals surface area contributed by atoms with Gasteiger partial charge in [-0.1, -0.05) is 27.7 Å². The summed E-state index contributed by atoms with van der Waals surface area (Å²) in [5.74, 6) is 0.0175. The second-order valence-corrected chi connectivity index (χ2v) is 6.92. The number of hydrogen-bond donors (Lipinski definition) is 0. The van der Waals surface area contributed by atoms with Crippen molar-refractivity contribution >= 4 is 11.8 Å². The molecule has 0 N–H and O–H groups in total. The Labute approximate surface area is 97.2 Å². The number of rotatable bonds is 0. The fraction of sp³-hybridized carbons (Fsp3) is 0.846. The van der Waals surface area contributed by atoms with Gasteiger partial charge in [-0.3, -0.25) is 14.5 Å². The number of nitrogens with zero attached hydrogens (tertiary/aromatic N) is 1. The lowest BCUT2D eigenvalue weighted by atomic mass is 9.67. The Balaban J connectivity index is 2.47. The molecule has 1 heterocycles. The van der Waals surface area contributed by atoms with Crippen molar-refractivity contribution in [2.45, 2.75) is 47.0 Å². The van der Waals surface area contributed by atoms with E-state index in [1.165, 1.54) is 4.90 Å². The summed E-state index contributed by atoms with van der Waals surface area (Å²) in [6.45, 7) is 8.65. The molecule has 0 bridgehead atoms. The maximum atomic E-state index is 12.3. The minimum Gasteiger partial charge on any atom is -0.285 e. The lowest BCUT2D eigenvalue weighted by Gasteiger charge is -2.35. The summed E-state index contributed by atoms with van der Waals surface area (Å²) in [5.41, 5.74) is -0.360. The van der Waals surface area contributed by atoms with Gasteiger partial charge in [0, 0.05) is 13.5 Å². The maximum Gasteiger partial charge on any atom is 0.236 e. The van der Waals surface area contributed by atoms with E-state index < -0.39 is 5.41 Å². The maximum absolute atomic E-state index is 12.3. The Kier molecular flexibility index (Phi) is 2.09. The zero-order valence-corrected chi connectivity index (χ0v) is 10.9. The molecule has 1 saturated heterocycles. The molecule has 0 aromatic carbocycles. The van der Waals surface area contributed by atoms with Gasteiger partial charge >= 0.3 is 0 Å². The van der Waals surface area contributed by atoms with Gasteiger partial charge < -0.3 is 0 Å². The largest absolute Gasteiger partial charge is 0.285 e. The third kappa shape index (κ3) is 1.26. The van der Waals surface area contributed by atoms with Gasteiger partial charge in [0.05, 0.1) is 5.41 Å². The highest BCUT2D eigenvalue weighted by atomic mass is 16.2. The van der Waals surface area contributed by atoms with Crippen molar-refractivity contribution in [3.63, 3.8) is 0 Å². The second-order valence-electron chi connectivity index (χ2n) is 6.92. The Morgan fingerprint density at radius 1 is 1.06 bits per heavy atom. The second kappa shape index (κ2) is 2.88. The van der Waals surface area contributed by atoms with E-state index in [0.717, 1.165) is 12.8 Å². The van der Waals surface area contributed by atoms with Gasteiger partial charge in [0.2, 0.25) is 11.8 Å². The van der Waals surface area contributed by atoms with Crippen LogP contribution in [0.25, 0.3) is 0 Å². The molecule has 0 aromatic heterocycles. The van der Waals surface area contributed by atoms with Gasteiger partial charge in [0.15, 0.2) is 0 Å². The molecule has 1 aliphatic heterocycles. The topological polar surface area (TPSA) is 37.4 Å². The van der Waals surface area contributed by atoms with Crippen molar-refractivity contribution in [1.82, 2.24) is 4.90 Å². The zero-order chi connectivity index (χ0) is 12.4. The summed E-state index contributed by atoms with van der Waals surface area (Å²) in [6.07, 6.45) is 2.24. The fourth-order valence-electron chi connectivity index (χ4n) is 4.04. The summed E-state index contributed by atoms with van der Waals surface area (Å²) >= 11 is 0. The van der Waals surface area contributed by atoms with Crippen LogP contribution in [0.15, 0.2) is 0 Å². The van der Waals surface area contributed by atoms with Crippen molar-refractivity contribution in [2.24, 2.45) is 16.2 Å². The minimum absolute atomic E-state index is 0.0178. The van der Waals surface area contributed by atoms with Crippen LogP contribution in [0.4, 0.5) is 0 Å². The van der Waals surface area contributed by atoms with Crippen LogP contribution in [0.3, 0.4) is 0 Å². The van der Waals surface area contributed by atoms with E-state index in [0.29, 0.717) is 6.42 Å². The van der Waals surface area contributed by atoms with Gasteiger partial charge in [0.25, 0.3) is 0 Å². The molecule has 0 unspecified atom stereocenters. The van der Waals surface area contributed by atoms with Gasteiger partial charge in [-0.2, -0.15) is 0 Å². The summed E-state index contributed by atoms with van der Waals surface area (Å²) < 4.78 is 0. The lowest BCUT2D eigenvalue weighted by molar-refractivity contribution is -0.142. The molecule has 2 fully saturated rings. The van der Waals surface area contributed by atoms with Gasteiger partial charge in [-0.15, -0.1) is 0 Å². The quantitative estimate of drug-likeness (QED) is 0.590. The SMILES string of the molecule is CN1C(=O)C[C@@]2(CC(C)(C)CC2(C)C)C1=O. The van der Waals surface area contributed by atoms with Gasteiger partial charge in [-0.05, 0) is 23.7 Å². The third-order valence-electron chi connectivity index (χ3n) is 4.54.